The molecular formula is C25H25ClN4. The van der Waals surface area contributed by atoms with Crippen LogP contribution in [0.1, 0.15) is 19.3 Å². The van der Waals surface area contributed by atoms with Gasteiger partial charge < -0.3 is 9.47 Å². The van der Waals surface area contributed by atoms with Gasteiger partial charge in [0.05, 0.1) is 11.0 Å². The molecule has 0 aliphatic carbocycles. The average Bonchev–Trinajstić information content (AvgIpc) is 3.17. The third kappa shape index (κ3) is 3.98. The summed E-state index contributed by atoms with van der Waals surface area (Å²) in [6.45, 7) is 4.49. The number of halogens is 1. The molecule has 1 aliphatic heterocycles. The monoisotopic (exact) mass is 416 g/mol. The standard InChI is InChI=1S/C25H25ClN4/c26-22-7-4-6-19(15-22)20-14-21(17-27-16-20)23-18-30(24-8-5-9-28-25(23)24)13-12-29-10-2-1-3-11-29/h4-9,14-18H,1-3,10-13H2. The Labute approximate surface area is 182 Å². The van der Waals surface area contributed by atoms with Crippen molar-refractivity contribution < 1.29 is 0 Å². The van der Waals surface area contributed by atoms with Crippen LogP contribution < -0.4 is 0 Å². The molecule has 5 heteroatoms. The van der Waals surface area contributed by atoms with Crippen molar-refractivity contribution in [3.8, 4) is 22.3 Å². The lowest BCUT2D eigenvalue weighted by Crippen LogP contribution is -2.32. The van der Waals surface area contributed by atoms with Crippen LogP contribution in [-0.4, -0.2) is 39.1 Å². The Kier molecular flexibility index (Phi) is 5.52. The Morgan fingerprint density at radius 3 is 2.60 bits per heavy atom. The van der Waals surface area contributed by atoms with E-state index in [-0.39, 0.29) is 0 Å². The SMILES string of the molecule is Clc1cccc(-c2cncc(-c3cn(CCN4CCCCC4)c4cccnc34)c2)c1. The molecule has 0 bridgehead atoms. The van der Waals surface area contributed by atoms with E-state index in [4.69, 9.17) is 16.6 Å². The highest BCUT2D eigenvalue weighted by atomic mass is 35.5. The van der Waals surface area contributed by atoms with E-state index >= 15 is 0 Å². The van der Waals surface area contributed by atoms with Gasteiger partial charge in [-0.25, -0.2) is 0 Å². The Morgan fingerprint density at radius 2 is 1.73 bits per heavy atom. The van der Waals surface area contributed by atoms with Crippen LogP contribution in [0.15, 0.2) is 67.3 Å². The Morgan fingerprint density at radius 1 is 0.867 bits per heavy atom. The van der Waals surface area contributed by atoms with E-state index in [0.29, 0.717) is 0 Å². The number of likely N-dealkylation sites (tertiary alicyclic amines) is 1. The van der Waals surface area contributed by atoms with Crippen molar-refractivity contribution in [2.75, 3.05) is 19.6 Å². The van der Waals surface area contributed by atoms with Crippen molar-refractivity contribution >= 4 is 22.6 Å². The highest BCUT2D eigenvalue weighted by Crippen LogP contribution is 2.32. The van der Waals surface area contributed by atoms with Crippen LogP contribution in [-0.2, 0) is 6.54 Å². The van der Waals surface area contributed by atoms with E-state index < -0.39 is 0 Å². The van der Waals surface area contributed by atoms with Crippen LogP contribution >= 0.6 is 11.6 Å². The van der Waals surface area contributed by atoms with Crippen molar-refractivity contribution in [3.63, 3.8) is 0 Å². The van der Waals surface area contributed by atoms with Crippen LogP contribution in [0.25, 0.3) is 33.3 Å². The van der Waals surface area contributed by atoms with Gasteiger partial charge in [-0.3, -0.25) is 9.97 Å². The van der Waals surface area contributed by atoms with Gasteiger partial charge in [0, 0.05) is 59.6 Å². The van der Waals surface area contributed by atoms with Gasteiger partial charge in [-0.2, -0.15) is 0 Å². The lowest BCUT2D eigenvalue weighted by Gasteiger charge is -2.26. The first-order chi connectivity index (χ1) is 14.8. The van der Waals surface area contributed by atoms with Gasteiger partial charge in [0.2, 0.25) is 0 Å². The first kappa shape index (κ1) is 19.3. The Hall–Kier alpha value is -2.69. The first-order valence-corrected chi connectivity index (χ1v) is 11.0. The molecule has 1 saturated heterocycles. The molecule has 4 aromatic rings. The summed E-state index contributed by atoms with van der Waals surface area (Å²) in [6.07, 6.45) is 11.9. The number of piperidine rings is 1. The Balaban J connectivity index is 1.49. The number of pyridine rings is 2. The molecular weight excluding hydrogens is 392 g/mol. The van der Waals surface area contributed by atoms with Gasteiger partial charge in [0.25, 0.3) is 0 Å². The second-order valence-corrected chi connectivity index (χ2v) is 8.42. The van der Waals surface area contributed by atoms with E-state index in [2.05, 4.69) is 38.8 Å². The summed E-state index contributed by atoms with van der Waals surface area (Å²) < 4.78 is 2.35. The predicted molar refractivity (Wildman–Crippen MR) is 124 cm³/mol. The molecule has 5 rings (SSSR count). The number of fused-ring (bicyclic) bond motifs is 1. The molecule has 4 heterocycles. The molecule has 1 aromatic carbocycles. The molecule has 0 atom stereocenters. The lowest BCUT2D eigenvalue weighted by atomic mass is 10.0. The van der Waals surface area contributed by atoms with E-state index in [9.17, 15) is 0 Å². The minimum Gasteiger partial charge on any atom is -0.344 e. The molecule has 0 radical (unpaired) electrons. The van der Waals surface area contributed by atoms with Crippen LogP contribution in [0.2, 0.25) is 5.02 Å². The quantitative estimate of drug-likeness (QED) is 0.406. The minimum absolute atomic E-state index is 0.730. The van der Waals surface area contributed by atoms with Crippen LogP contribution in [0.3, 0.4) is 0 Å². The van der Waals surface area contributed by atoms with Gasteiger partial charge in [-0.05, 0) is 61.8 Å². The van der Waals surface area contributed by atoms with E-state index in [1.807, 2.05) is 42.9 Å². The second kappa shape index (κ2) is 8.58. The van der Waals surface area contributed by atoms with E-state index in [1.165, 1.54) is 37.9 Å². The van der Waals surface area contributed by atoms with Gasteiger partial charge in [-0.1, -0.05) is 30.2 Å². The maximum absolute atomic E-state index is 6.19. The van der Waals surface area contributed by atoms with Crippen molar-refractivity contribution in [1.82, 2.24) is 19.4 Å². The van der Waals surface area contributed by atoms with Crippen molar-refractivity contribution in [2.24, 2.45) is 0 Å². The van der Waals surface area contributed by atoms with Crippen LogP contribution in [0.4, 0.5) is 0 Å². The third-order valence-electron chi connectivity index (χ3n) is 5.95. The van der Waals surface area contributed by atoms with Gasteiger partial charge >= 0.3 is 0 Å². The molecule has 0 amide bonds. The first-order valence-electron chi connectivity index (χ1n) is 10.7. The highest BCUT2D eigenvalue weighted by Gasteiger charge is 2.15. The second-order valence-electron chi connectivity index (χ2n) is 7.98. The lowest BCUT2D eigenvalue weighted by molar-refractivity contribution is 0.222. The molecule has 0 unspecified atom stereocenters. The number of rotatable bonds is 5. The zero-order chi connectivity index (χ0) is 20.3. The number of nitrogens with zero attached hydrogens (tertiary/aromatic N) is 4. The maximum Gasteiger partial charge on any atom is 0.0959 e. The molecule has 0 saturated carbocycles. The van der Waals surface area contributed by atoms with Crippen molar-refractivity contribution in [1.29, 1.82) is 0 Å². The fourth-order valence-electron chi connectivity index (χ4n) is 4.36. The number of hydrogen-bond acceptors (Lipinski definition) is 3. The van der Waals surface area contributed by atoms with Crippen molar-refractivity contribution in [2.45, 2.75) is 25.8 Å². The molecule has 3 aromatic heterocycles. The fraction of sp³-hybridized carbons (Fsp3) is 0.280. The van der Waals surface area contributed by atoms with E-state index in [0.717, 1.165) is 45.9 Å². The van der Waals surface area contributed by atoms with Crippen LogP contribution in [0, 0.1) is 0 Å². The molecule has 4 nitrogen and oxygen atoms in total. The fourth-order valence-corrected chi connectivity index (χ4v) is 4.55. The summed E-state index contributed by atoms with van der Waals surface area (Å²) in [4.78, 5) is 11.8. The largest absolute Gasteiger partial charge is 0.344 e. The zero-order valence-electron chi connectivity index (χ0n) is 17.0. The smallest absolute Gasteiger partial charge is 0.0959 e. The third-order valence-corrected chi connectivity index (χ3v) is 6.18. The van der Waals surface area contributed by atoms with E-state index in [1.54, 1.807) is 0 Å². The number of aromatic nitrogens is 3. The molecule has 0 spiro atoms. The molecule has 1 fully saturated rings. The zero-order valence-corrected chi connectivity index (χ0v) is 17.7. The maximum atomic E-state index is 6.19. The topological polar surface area (TPSA) is 34.0 Å². The normalized spacial score (nSPS) is 15.0. The van der Waals surface area contributed by atoms with Crippen LogP contribution in [0.5, 0.6) is 0 Å². The summed E-state index contributed by atoms with van der Waals surface area (Å²) in [7, 11) is 0. The summed E-state index contributed by atoms with van der Waals surface area (Å²) in [5.74, 6) is 0. The van der Waals surface area contributed by atoms with Gasteiger partial charge in [0.1, 0.15) is 0 Å². The summed E-state index contributed by atoms with van der Waals surface area (Å²) in [5, 5.41) is 0.730. The van der Waals surface area contributed by atoms with Gasteiger partial charge in [-0.15, -0.1) is 0 Å². The summed E-state index contributed by atoms with van der Waals surface area (Å²) in [6, 6.07) is 14.3. The average molecular weight is 417 g/mol. The number of benzene rings is 1. The predicted octanol–water partition coefficient (Wildman–Crippen LogP) is 5.90. The summed E-state index contributed by atoms with van der Waals surface area (Å²) in [5.41, 5.74) is 6.53. The molecule has 30 heavy (non-hydrogen) atoms. The molecule has 152 valence electrons. The van der Waals surface area contributed by atoms with Crippen molar-refractivity contribution in [3.05, 3.63) is 72.3 Å². The molecule has 0 N–H and O–H groups in total. The summed E-state index contributed by atoms with van der Waals surface area (Å²) >= 11 is 6.19. The highest BCUT2D eigenvalue weighted by molar-refractivity contribution is 6.30. The van der Waals surface area contributed by atoms with Gasteiger partial charge in [0.15, 0.2) is 0 Å². The minimum atomic E-state index is 0.730. The Bertz CT molecular complexity index is 1160. The molecule has 1 aliphatic rings. The number of hydrogen-bond donors (Lipinski definition) is 0.